The van der Waals surface area contributed by atoms with E-state index in [4.69, 9.17) is 9.15 Å². The molecule has 0 radical (unpaired) electrons. The highest BCUT2D eigenvalue weighted by atomic mass is 19.1. The summed E-state index contributed by atoms with van der Waals surface area (Å²) in [6, 6.07) is 9.58. The Hall–Kier alpha value is -3.16. The van der Waals surface area contributed by atoms with E-state index in [9.17, 15) is 9.18 Å². The second-order valence-electron chi connectivity index (χ2n) is 9.00. The Kier molecular flexibility index (Phi) is 5.23. The van der Waals surface area contributed by atoms with Crippen molar-refractivity contribution in [3.8, 4) is 5.75 Å². The molecule has 168 valence electrons. The summed E-state index contributed by atoms with van der Waals surface area (Å²) in [6.07, 6.45) is 3.01. The molecule has 1 saturated carbocycles. The van der Waals surface area contributed by atoms with Crippen LogP contribution < -0.4 is 10.1 Å². The predicted molar refractivity (Wildman–Crippen MR) is 119 cm³/mol. The van der Waals surface area contributed by atoms with Gasteiger partial charge in [0.05, 0.1) is 5.39 Å². The molecule has 1 aromatic carbocycles. The number of nitrogens with zero attached hydrogens (tertiary/aromatic N) is 3. The van der Waals surface area contributed by atoms with Crippen LogP contribution in [0.15, 0.2) is 34.7 Å². The van der Waals surface area contributed by atoms with E-state index in [0.717, 1.165) is 36.0 Å². The summed E-state index contributed by atoms with van der Waals surface area (Å²) in [6.45, 7) is 4.80. The van der Waals surface area contributed by atoms with Crippen LogP contribution in [0.5, 0.6) is 5.75 Å². The maximum atomic E-state index is 13.3. The van der Waals surface area contributed by atoms with E-state index in [1.165, 1.54) is 0 Å². The summed E-state index contributed by atoms with van der Waals surface area (Å²) in [5.41, 5.74) is 1.59. The van der Waals surface area contributed by atoms with E-state index in [1.807, 2.05) is 37.3 Å². The van der Waals surface area contributed by atoms with Gasteiger partial charge in [0.15, 0.2) is 0 Å². The van der Waals surface area contributed by atoms with Crippen molar-refractivity contribution in [1.82, 2.24) is 14.9 Å². The van der Waals surface area contributed by atoms with Crippen LogP contribution >= 0.6 is 0 Å². The van der Waals surface area contributed by atoms with Gasteiger partial charge in [0.2, 0.25) is 11.5 Å². The Labute approximate surface area is 186 Å². The summed E-state index contributed by atoms with van der Waals surface area (Å²) in [7, 11) is 0. The first-order valence-electron chi connectivity index (χ1n) is 11.1. The third-order valence-electron chi connectivity index (χ3n) is 6.30. The normalized spacial score (nSPS) is 19.3. The first-order chi connectivity index (χ1) is 15.4. The number of hydrogen-bond donors (Lipinski definition) is 1. The number of halogens is 1. The second-order valence-corrected chi connectivity index (χ2v) is 9.00. The minimum atomic E-state index is -0.511. The average Bonchev–Trinajstić information content (AvgIpc) is 3.17. The standard InChI is InChI=1S/C24H27FN4O3/c1-15-13-19-20(28-24(2)8-9-24)26-21(27-22(19)32-15)23(30)29-11-7-17(14-29)16-3-5-18(6-4-16)31-12-10-25/h3-6,13,17H,7-12,14H2,1-2H3,(H,26,27,28). The van der Waals surface area contributed by atoms with E-state index in [1.54, 1.807) is 4.90 Å². The third-order valence-corrected chi connectivity index (χ3v) is 6.30. The highest BCUT2D eigenvalue weighted by Gasteiger charge is 2.38. The van der Waals surface area contributed by atoms with Crippen molar-refractivity contribution in [2.75, 3.05) is 31.7 Å². The molecule has 3 aromatic rings. The number of anilines is 1. The number of fused-ring (bicyclic) bond motifs is 1. The molecule has 1 aliphatic carbocycles. The monoisotopic (exact) mass is 438 g/mol. The number of rotatable bonds is 7. The predicted octanol–water partition coefficient (Wildman–Crippen LogP) is 4.47. The highest BCUT2D eigenvalue weighted by molar-refractivity contribution is 5.95. The van der Waals surface area contributed by atoms with Crippen molar-refractivity contribution in [2.24, 2.45) is 0 Å². The van der Waals surface area contributed by atoms with Gasteiger partial charge in [-0.15, -0.1) is 0 Å². The number of amides is 1. The van der Waals surface area contributed by atoms with E-state index in [-0.39, 0.29) is 29.8 Å². The summed E-state index contributed by atoms with van der Waals surface area (Å²) in [5.74, 6) is 2.26. The quantitative estimate of drug-likeness (QED) is 0.586. The van der Waals surface area contributed by atoms with Gasteiger partial charge in [-0.05, 0) is 56.9 Å². The summed E-state index contributed by atoms with van der Waals surface area (Å²) >= 11 is 0. The molecule has 3 heterocycles. The SMILES string of the molecule is Cc1cc2c(NC3(C)CC3)nc(C(=O)N3CCC(c4ccc(OCCF)cc4)C3)nc2o1. The Balaban J connectivity index is 1.33. The zero-order valence-corrected chi connectivity index (χ0v) is 18.4. The molecular formula is C24H27FN4O3. The molecule has 0 spiro atoms. The second kappa shape index (κ2) is 8.07. The highest BCUT2D eigenvalue weighted by Crippen LogP contribution is 2.39. The first-order valence-corrected chi connectivity index (χ1v) is 11.1. The van der Waals surface area contributed by atoms with Crippen LogP contribution in [0.25, 0.3) is 11.1 Å². The van der Waals surface area contributed by atoms with Crippen LogP contribution in [0.3, 0.4) is 0 Å². The molecule has 1 unspecified atom stereocenters. The van der Waals surface area contributed by atoms with Crippen molar-refractivity contribution in [2.45, 2.75) is 44.6 Å². The van der Waals surface area contributed by atoms with E-state index < -0.39 is 6.67 Å². The Bertz CT molecular complexity index is 1140. The Morgan fingerprint density at radius 2 is 2.09 bits per heavy atom. The fourth-order valence-corrected chi connectivity index (χ4v) is 4.18. The molecule has 1 saturated heterocycles. The van der Waals surface area contributed by atoms with E-state index in [2.05, 4.69) is 22.2 Å². The van der Waals surface area contributed by atoms with Gasteiger partial charge in [0, 0.05) is 24.5 Å². The maximum absolute atomic E-state index is 13.3. The average molecular weight is 439 g/mol. The van der Waals surface area contributed by atoms with Crippen LogP contribution in [-0.2, 0) is 0 Å². The summed E-state index contributed by atoms with van der Waals surface area (Å²) in [4.78, 5) is 24.1. The number of hydrogen-bond acceptors (Lipinski definition) is 6. The summed E-state index contributed by atoms with van der Waals surface area (Å²) in [5, 5.41) is 4.28. The molecule has 1 amide bonds. The zero-order valence-electron chi connectivity index (χ0n) is 18.4. The Morgan fingerprint density at radius 3 is 2.81 bits per heavy atom. The molecule has 32 heavy (non-hydrogen) atoms. The van der Waals surface area contributed by atoms with Crippen LogP contribution in [-0.4, -0.2) is 52.7 Å². The molecule has 2 fully saturated rings. The molecule has 1 N–H and O–H groups in total. The number of carbonyl (C=O) groups excluding carboxylic acids is 1. The van der Waals surface area contributed by atoms with Crippen molar-refractivity contribution < 1.29 is 18.3 Å². The lowest BCUT2D eigenvalue weighted by Crippen LogP contribution is -2.30. The van der Waals surface area contributed by atoms with Gasteiger partial charge in [-0.1, -0.05) is 12.1 Å². The zero-order chi connectivity index (χ0) is 22.3. The number of carbonyl (C=O) groups is 1. The molecule has 7 nitrogen and oxygen atoms in total. The number of benzene rings is 1. The van der Waals surface area contributed by atoms with Gasteiger partial charge >= 0.3 is 0 Å². The van der Waals surface area contributed by atoms with Gasteiger partial charge in [0.25, 0.3) is 5.91 Å². The topological polar surface area (TPSA) is 80.5 Å². The number of aryl methyl sites for hydroxylation is 1. The fraction of sp³-hybridized carbons (Fsp3) is 0.458. The number of likely N-dealkylation sites (tertiary alicyclic amines) is 1. The largest absolute Gasteiger partial charge is 0.491 e. The van der Waals surface area contributed by atoms with Crippen molar-refractivity contribution in [1.29, 1.82) is 0 Å². The third kappa shape index (κ3) is 4.13. The molecule has 8 heteroatoms. The van der Waals surface area contributed by atoms with Gasteiger partial charge in [-0.3, -0.25) is 4.79 Å². The van der Waals surface area contributed by atoms with Crippen molar-refractivity contribution in [3.05, 3.63) is 47.5 Å². The smallest absolute Gasteiger partial charge is 0.291 e. The van der Waals surface area contributed by atoms with E-state index >= 15 is 0 Å². The minimum Gasteiger partial charge on any atom is -0.491 e. The van der Waals surface area contributed by atoms with Crippen LogP contribution in [0.1, 0.15) is 54.0 Å². The lowest BCUT2D eigenvalue weighted by atomic mass is 9.98. The fourth-order valence-electron chi connectivity index (χ4n) is 4.18. The lowest BCUT2D eigenvalue weighted by molar-refractivity contribution is 0.0779. The number of furan rings is 1. The van der Waals surface area contributed by atoms with Gasteiger partial charge in [0.1, 0.15) is 30.6 Å². The molecule has 0 bridgehead atoms. The lowest BCUT2D eigenvalue weighted by Gasteiger charge is -2.17. The molecule has 2 aliphatic rings. The van der Waals surface area contributed by atoms with Crippen LogP contribution in [0.4, 0.5) is 10.2 Å². The van der Waals surface area contributed by atoms with Crippen LogP contribution in [0.2, 0.25) is 0 Å². The molecule has 2 aromatic heterocycles. The van der Waals surface area contributed by atoms with Crippen LogP contribution in [0, 0.1) is 6.92 Å². The number of nitrogens with one attached hydrogen (secondary N) is 1. The van der Waals surface area contributed by atoms with Gasteiger partial charge in [-0.2, -0.15) is 4.98 Å². The van der Waals surface area contributed by atoms with E-state index in [0.29, 0.717) is 30.4 Å². The van der Waals surface area contributed by atoms with Crippen molar-refractivity contribution >= 4 is 22.8 Å². The molecule has 1 aliphatic heterocycles. The number of alkyl halides is 1. The number of ether oxygens (including phenoxy) is 1. The first kappa shape index (κ1) is 20.7. The minimum absolute atomic E-state index is 0.0194. The maximum Gasteiger partial charge on any atom is 0.291 e. The molecular weight excluding hydrogens is 411 g/mol. The Morgan fingerprint density at radius 1 is 1.31 bits per heavy atom. The molecule has 5 rings (SSSR count). The summed E-state index contributed by atoms with van der Waals surface area (Å²) < 4.78 is 23.3. The van der Waals surface area contributed by atoms with Gasteiger partial charge in [-0.25, -0.2) is 9.37 Å². The van der Waals surface area contributed by atoms with Gasteiger partial charge < -0.3 is 19.4 Å². The number of aromatic nitrogens is 2. The molecule has 1 atom stereocenters. The van der Waals surface area contributed by atoms with Crippen molar-refractivity contribution in [3.63, 3.8) is 0 Å².